The number of rotatable bonds is 9. The molecule has 0 aliphatic rings. The third kappa shape index (κ3) is 4.82. The van der Waals surface area contributed by atoms with Crippen LogP contribution in [-0.4, -0.2) is 23.7 Å². The van der Waals surface area contributed by atoms with Crippen LogP contribution in [-0.2, 0) is 16.0 Å². The summed E-state index contributed by atoms with van der Waals surface area (Å²) in [6.07, 6.45) is 1.67. The molecule has 3 nitrogen and oxygen atoms in total. The normalized spacial score (nSPS) is 12.6. The summed E-state index contributed by atoms with van der Waals surface area (Å²) in [5, 5.41) is 0.509. The van der Waals surface area contributed by atoms with E-state index < -0.39 is 5.31 Å². The molecule has 0 bridgehead atoms. The van der Waals surface area contributed by atoms with E-state index in [4.69, 9.17) is 4.74 Å². The average Bonchev–Trinajstić information content (AvgIpc) is 3.29. The third-order valence-corrected chi connectivity index (χ3v) is 17.0. The molecule has 3 aromatic carbocycles. The predicted molar refractivity (Wildman–Crippen MR) is 145 cm³/mol. The summed E-state index contributed by atoms with van der Waals surface area (Å²) in [6.45, 7) is 2.36. The molecule has 0 N–H and O–H groups in total. The Morgan fingerprint density at radius 2 is 1.36 bits per heavy atom. The van der Waals surface area contributed by atoms with Gasteiger partial charge in [0.15, 0.2) is 0 Å². The van der Waals surface area contributed by atoms with Crippen molar-refractivity contribution in [3.8, 4) is 0 Å². The Bertz CT molecular complexity index is 1100. The van der Waals surface area contributed by atoms with Gasteiger partial charge in [-0.2, -0.15) is 0 Å². The van der Waals surface area contributed by atoms with E-state index in [9.17, 15) is 4.79 Å². The zero-order valence-corrected chi connectivity index (χ0v) is 21.9. The Hall–Kier alpha value is -2.33. The molecule has 0 saturated carbocycles. The molecular weight excluding hydrogens is 513 g/mol. The van der Waals surface area contributed by atoms with Crippen LogP contribution in [0.25, 0.3) is 0 Å². The molecule has 1 heterocycles. The van der Waals surface area contributed by atoms with Crippen LogP contribution in [0.4, 0.5) is 0 Å². The van der Waals surface area contributed by atoms with Crippen LogP contribution >= 0.6 is 32.1 Å². The predicted octanol–water partition coefficient (Wildman–Crippen LogP) is 5.77. The second kappa shape index (κ2) is 10.3. The fraction of sp³-hybridized carbons (Fsp3) is 0.185. The number of nitrogens with zero attached hydrogens (tertiary/aromatic N) is 1. The Labute approximate surface area is 207 Å². The van der Waals surface area contributed by atoms with Gasteiger partial charge in [0.05, 0.1) is 0 Å². The van der Waals surface area contributed by atoms with E-state index in [1.54, 1.807) is 11.3 Å². The molecule has 0 aliphatic carbocycles. The number of hydrogen-bond donors (Lipinski definition) is 0. The fourth-order valence-corrected chi connectivity index (χ4v) is 12.3. The topological polar surface area (TPSA) is 39.2 Å². The van der Waals surface area contributed by atoms with E-state index in [2.05, 4.69) is 93.3 Å². The van der Waals surface area contributed by atoms with E-state index in [1.807, 2.05) is 30.6 Å². The quantitative estimate of drug-likeness (QED) is 0.200. The number of benzene rings is 3. The molecule has 4 rings (SSSR count). The first-order chi connectivity index (χ1) is 16.0. The Balaban J connectivity index is 1.66. The van der Waals surface area contributed by atoms with Crippen LogP contribution in [0.5, 0.6) is 0 Å². The molecule has 0 atom stereocenters. The van der Waals surface area contributed by atoms with Crippen molar-refractivity contribution in [3.63, 3.8) is 0 Å². The van der Waals surface area contributed by atoms with Gasteiger partial charge in [-0.25, -0.2) is 0 Å². The number of carbonyl (C=O) groups excluding carboxylic acids is 1. The molecule has 0 unspecified atom stereocenters. The first-order valence-electron chi connectivity index (χ1n) is 11.0. The third-order valence-electron chi connectivity index (χ3n) is 6.06. The Morgan fingerprint density at radius 1 is 0.879 bits per heavy atom. The van der Waals surface area contributed by atoms with Crippen molar-refractivity contribution in [1.82, 2.24) is 4.98 Å². The summed E-state index contributed by atoms with van der Waals surface area (Å²) < 4.78 is 5.66. The molecular formula is C27H27BrNO2PS. The maximum absolute atomic E-state index is 12.9. The zero-order valence-electron chi connectivity index (χ0n) is 18.6. The Kier molecular flexibility index (Phi) is 7.43. The van der Waals surface area contributed by atoms with Crippen molar-refractivity contribution in [2.24, 2.45) is 0 Å². The van der Waals surface area contributed by atoms with Gasteiger partial charge >= 0.3 is 208 Å². The standard InChI is InChI=1S/C27H27BrNO2PS/c1-22-26(33-21-29-22)17-19-31-27(30)18-20-32(28,23-11-5-2-6-12-23,24-13-7-3-8-14-24)25-15-9-4-10-16-25/h2-16,21H,17-20H2,1H3. The second-order valence-electron chi connectivity index (χ2n) is 7.99. The summed E-state index contributed by atoms with van der Waals surface area (Å²) in [5.41, 5.74) is 2.85. The van der Waals surface area contributed by atoms with Gasteiger partial charge in [0.2, 0.25) is 0 Å². The number of thiazole rings is 1. The van der Waals surface area contributed by atoms with Crippen LogP contribution in [0.15, 0.2) is 96.5 Å². The van der Waals surface area contributed by atoms with E-state index in [1.165, 1.54) is 20.8 Å². The van der Waals surface area contributed by atoms with Crippen LogP contribution in [0.3, 0.4) is 0 Å². The molecule has 1 aromatic heterocycles. The van der Waals surface area contributed by atoms with Crippen molar-refractivity contribution in [2.75, 3.05) is 12.8 Å². The van der Waals surface area contributed by atoms with Crippen molar-refractivity contribution < 1.29 is 9.53 Å². The van der Waals surface area contributed by atoms with E-state index >= 15 is 0 Å². The number of esters is 1. The molecule has 170 valence electrons. The zero-order chi connectivity index (χ0) is 23.2. The molecule has 0 saturated heterocycles. The molecule has 0 radical (unpaired) electrons. The minimum atomic E-state index is -3.10. The van der Waals surface area contributed by atoms with Gasteiger partial charge in [0.1, 0.15) is 0 Å². The molecule has 0 aliphatic heterocycles. The minimum absolute atomic E-state index is 0.173. The van der Waals surface area contributed by atoms with Crippen molar-refractivity contribution in [1.29, 1.82) is 0 Å². The molecule has 0 fully saturated rings. The van der Waals surface area contributed by atoms with Crippen LogP contribution in [0.1, 0.15) is 17.0 Å². The number of halogens is 1. The number of aromatic nitrogens is 1. The maximum atomic E-state index is 12.9. The van der Waals surface area contributed by atoms with Gasteiger partial charge in [0, 0.05) is 0 Å². The Morgan fingerprint density at radius 3 is 1.79 bits per heavy atom. The molecule has 0 spiro atoms. The van der Waals surface area contributed by atoms with Gasteiger partial charge in [-0.15, -0.1) is 0 Å². The van der Waals surface area contributed by atoms with Crippen molar-refractivity contribution >= 4 is 54.0 Å². The van der Waals surface area contributed by atoms with Gasteiger partial charge in [-0.05, 0) is 0 Å². The molecule has 0 amide bonds. The summed E-state index contributed by atoms with van der Waals surface area (Å²) in [5.74, 6) is -0.173. The number of aryl methyl sites for hydroxylation is 1. The summed E-state index contributed by atoms with van der Waals surface area (Å²) >= 11 is 5.98. The van der Waals surface area contributed by atoms with Gasteiger partial charge in [0.25, 0.3) is 0 Å². The van der Waals surface area contributed by atoms with Crippen LogP contribution < -0.4 is 15.9 Å². The fourth-order valence-electron chi connectivity index (χ4n) is 4.25. The molecule has 33 heavy (non-hydrogen) atoms. The average molecular weight is 540 g/mol. The number of ether oxygens (including phenoxy) is 1. The second-order valence-corrected chi connectivity index (χ2v) is 18.0. The van der Waals surface area contributed by atoms with Crippen LogP contribution in [0, 0.1) is 6.92 Å². The summed E-state index contributed by atoms with van der Waals surface area (Å²) in [4.78, 5) is 18.3. The van der Waals surface area contributed by atoms with Crippen molar-refractivity contribution in [3.05, 3.63) is 107 Å². The molecule has 6 heteroatoms. The monoisotopic (exact) mass is 539 g/mol. The van der Waals surface area contributed by atoms with E-state index in [0.29, 0.717) is 25.6 Å². The van der Waals surface area contributed by atoms with Crippen LogP contribution in [0.2, 0.25) is 0 Å². The first-order valence-corrected chi connectivity index (χ1v) is 16.3. The van der Waals surface area contributed by atoms with Gasteiger partial charge in [-0.3, -0.25) is 0 Å². The molecule has 4 aromatic rings. The first kappa shape index (κ1) is 23.8. The number of carbonyl (C=O) groups is 1. The SMILES string of the molecule is Cc1ncsc1CCOC(=O)CCP(Br)(c1ccccc1)(c1ccccc1)c1ccccc1. The summed E-state index contributed by atoms with van der Waals surface area (Å²) in [6, 6.07) is 31.5. The number of hydrogen-bond acceptors (Lipinski definition) is 4. The van der Waals surface area contributed by atoms with E-state index in [0.717, 1.165) is 5.69 Å². The van der Waals surface area contributed by atoms with Gasteiger partial charge in [-0.1, -0.05) is 0 Å². The summed E-state index contributed by atoms with van der Waals surface area (Å²) in [7, 11) is 0. The van der Waals surface area contributed by atoms with E-state index in [-0.39, 0.29) is 5.97 Å². The van der Waals surface area contributed by atoms with Crippen molar-refractivity contribution in [2.45, 2.75) is 19.8 Å². The van der Waals surface area contributed by atoms with Gasteiger partial charge < -0.3 is 0 Å².